The van der Waals surface area contributed by atoms with Crippen molar-refractivity contribution in [3.05, 3.63) is 59.4 Å². The van der Waals surface area contributed by atoms with E-state index in [0.29, 0.717) is 24.1 Å². The monoisotopic (exact) mass is 372 g/mol. The van der Waals surface area contributed by atoms with E-state index < -0.39 is 0 Å². The number of nitrogens with one attached hydrogen (secondary N) is 1. The van der Waals surface area contributed by atoms with Crippen molar-refractivity contribution >= 4 is 0 Å². The van der Waals surface area contributed by atoms with Gasteiger partial charge < -0.3 is 14.8 Å². The Balaban J connectivity index is 1.53. The summed E-state index contributed by atoms with van der Waals surface area (Å²) in [5.74, 6) is 1.17. The number of methoxy groups -OCH3 is 1. The standard InChI is InChI=1S/C22H29FN2O2/c1-3-25-12-4-5-20(25)15-24-14-18-8-11-21(22(13-18)26-2)27-16-17-6-9-19(23)10-7-17/h6-11,13,20,24H,3-5,12,14-16H2,1-2H3/t20-/m0/s1. The summed E-state index contributed by atoms with van der Waals surface area (Å²) in [6.45, 7) is 6.77. The number of nitrogens with zero attached hydrogens (tertiary/aromatic N) is 1. The van der Waals surface area contributed by atoms with Crippen LogP contribution in [0.25, 0.3) is 0 Å². The van der Waals surface area contributed by atoms with Gasteiger partial charge in [0.1, 0.15) is 12.4 Å². The van der Waals surface area contributed by atoms with Crippen LogP contribution < -0.4 is 14.8 Å². The highest BCUT2D eigenvalue weighted by atomic mass is 19.1. The van der Waals surface area contributed by atoms with E-state index in [2.05, 4.69) is 23.2 Å². The van der Waals surface area contributed by atoms with E-state index in [9.17, 15) is 4.39 Å². The summed E-state index contributed by atoms with van der Waals surface area (Å²) in [5.41, 5.74) is 2.09. The normalized spacial score (nSPS) is 17.2. The zero-order valence-corrected chi connectivity index (χ0v) is 16.2. The summed E-state index contributed by atoms with van der Waals surface area (Å²) in [6.07, 6.45) is 2.58. The van der Waals surface area contributed by atoms with Crippen molar-refractivity contribution < 1.29 is 13.9 Å². The van der Waals surface area contributed by atoms with Crippen LogP contribution in [0.1, 0.15) is 30.9 Å². The van der Waals surface area contributed by atoms with Crippen LogP contribution in [0, 0.1) is 5.82 Å². The summed E-state index contributed by atoms with van der Waals surface area (Å²) >= 11 is 0. The second-order valence-corrected chi connectivity index (χ2v) is 6.96. The summed E-state index contributed by atoms with van der Waals surface area (Å²) in [4.78, 5) is 2.54. The molecule has 1 atom stereocenters. The first-order valence-corrected chi connectivity index (χ1v) is 9.68. The van der Waals surface area contributed by atoms with Crippen LogP contribution in [0.2, 0.25) is 0 Å². The SMILES string of the molecule is CCN1CCC[C@H]1CNCc1ccc(OCc2ccc(F)cc2)c(OC)c1. The predicted octanol–water partition coefficient (Wildman–Crippen LogP) is 3.99. The molecule has 2 aromatic rings. The molecule has 1 saturated heterocycles. The summed E-state index contributed by atoms with van der Waals surface area (Å²) in [5, 5.41) is 3.57. The number of rotatable bonds is 9. The number of likely N-dealkylation sites (tertiary alicyclic amines) is 1. The Morgan fingerprint density at radius 3 is 2.63 bits per heavy atom. The molecule has 0 amide bonds. The van der Waals surface area contributed by atoms with Crippen molar-refractivity contribution in [3.8, 4) is 11.5 Å². The molecule has 3 rings (SSSR count). The van der Waals surface area contributed by atoms with Gasteiger partial charge in [0.25, 0.3) is 0 Å². The molecule has 1 N–H and O–H groups in total. The third-order valence-corrected chi connectivity index (χ3v) is 5.15. The molecule has 2 aromatic carbocycles. The highest BCUT2D eigenvalue weighted by molar-refractivity contribution is 5.43. The minimum Gasteiger partial charge on any atom is -0.493 e. The lowest BCUT2D eigenvalue weighted by molar-refractivity contribution is 0.260. The topological polar surface area (TPSA) is 33.7 Å². The van der Waals surface area contributed by atoms with E-state index in [4.69, 9.17) is 9.47 Å². The van der Waals surface area contributed by atoms with Gasteiger partial charge in [0.05, 0.1) is 7.11 Å². The third-order valence-electron chi connectivity index (χ3n) is 5.15. The Hall–Kier alpha value is -2.11. The van der Waals surface area contributed by atoms with Gasteiger partial charge in [-0.1, -0.05) is 25.1 Å². The average Bonchev–Trinajstić information content (AvgIpc) is 3.15. The van der Waals surface area contributed by atoms with Crippen molar-refractivity contribution in [3.63, 3.8) is 0 Å². The molecule has 27 heavy (non-hydrogen) atoms. The molecule has 0 spiro atoms. The Morgan fingerprint density at radius 1 is 1.11 bits per heavy atom. The summed E-state index contributed by atoms with van der Waals surface area (Å²) in [7, 11) is 1.65. The molecule has 1 aliphatic heterocycles. The summed E-state index contributed by atoms with van der Waals surface area (Å²) in [6, 6.07) is 13.0. The number of benzene rings is 2. The third kappa shape index (κ3) is 5.44. The van der Waals surface area contributed by atoms with Gasteiger partial charge in [-0.3, -0.25) is 4.90 Å². The second kappa shape index (κ2) is 9.72. The van der Waals surface area contributed by atoms with E-state index in [-0.39, 0.29) is 5.82 Å². The first-order valence-electron chi connectivity index (χ1n) is 9.68. The largest absolute Gasteiger partial charge is 0.493 e. The van der Waals surface area contributed by atoms with Gasteiger partial charge in [-0.05, 0) is 61.3 Å². The number of hydrogen-bond acceptors (Lipinski definition) is 4. The van der Waals surface area contributed by atoms with Crippen molar-refractivity contribution in [1.29, 1.82) is 0 Å². The molecule has 0 bridgehead atoms. The number of hydrogen-bond donors (Lipinski definition) is 1. The van der Waals surface area contributed by atoms with Crippen LogP contribution >= 0.6 is 0 Å². The molecule has 0 aromatic heterocycles. The van der Waals surface area contributed by atoms with Gasteiger partial charge in [-0.25, -0.2) is 4.39 Å². The molecule has 4 nitrogen and oxygen atoms in total. The van der Waals surface area contributed by atoms with Crippen molar-refractivity contribution in [2.45, 2.75) is 39.0 Å². The van der Waals surface area contributed by atoms with Crippen LogP contribution in [0.5, 0.6) is 11.5 Å². The molecule has 5 heteroatoms. The molecule has 0 radical (unpaired) electrons. The Labute approximate surface area is 161 Å². The predicted molar refractivity (Wildman–Crippen MR) is 106 cm³/mol. The first kappa shape index (κ1) is 19.6. The maximum atomic E-state index is 13.0. The fourth-order valence-corrected chi connectivity index (χ4v) is 3.61. The highest BCUT2D eigenvalue weighted by Crippen LogP contribution is 2.29. The highest BCUT2D eigenvalue weighted by Gasteiger charge is 2.22. The zero-order chi connectivity index (χ0) is 19.1. The van der Waals surface area contributed by atoms with Gasteiger partial charge in [0, 0.05) is 19.1 Å². The minimum absolute atomic E-state index is 0.243. The van der Waals surface area contributed by atoms with Crippen molar-refractivity contribution in [1.82, 2.24) is 10.2 Å². The lowest BCUT2D eigenvalue weighted by atomic mass is 10.1. The minimum atomic E-state index is -0.243. The zero-order valence-electron chi connectivity index (χ0n) is 16.2. The van der Waals surface area contributed by atoms with Gasteiger partial charge in [0.15, 0.2) is 11.5 Å². The molecule has 0 saturated carbocycles. The molecular formula is C22H29FN2O2. The van der Waals surface area contributed by atoms with Gasteiger partial charge in [-0.15, -0.1) is 0 Å². The molecule has 0 aliphatic carbocycles. The van der Waals surface area contributed by atoms with Crippen molar-refractivity contribution in [2.24, 2.45) is 0 Å². The second-order valence-electron chi connectivity index (χ2n) is 6.96. The van der Waals surface area contributed by atoms with Crippen LogP contribution in [0.15, 0.2) is 42.5 Å². The molecule has 0 unspecified atom stereocenters. The first-order chi connectivity index (χ1) is 13.2. The molecular weight excluding hydrogens is 343 g/mol. The fraction of sp³-hybridized carbons (Fsp3) is 0.455. The van der Waals surface area contributed by atoms with Gasteiger partial charge in [0.2, 0.25) is 0 Å². The lowest BCUT2D eigenvalue weighted by Gasteiger charge is -2.23. The Morgan fingerprint density at radius 2 is 1.89 bits per heavy atom. The van der Waals surface area contributed by atoms with Crippen LogP contribution in [0.4, 0.5) is 4.39 Å². The molecule has 1 heterocycles. The van der Waals surface area contributed by atoms with E-state index >= 15 is 0 Å². The van der Waals surface area contributed by atoms with Crippen LogP contribution in [0.3, 0.4) is 0 Å². The molecule has 1 aliphatic rings. The maximum Gasteiger partial charge on any atom is 0.161 e. The van der Waals surface area contributed by atoms with Gasteiger partial charge >= 0.3 is 0 Å². The van der Waals surface area contributed by atoms with E-state index in [1.165, 1.54) is 37.1 Å². The summed E-state index contributed by atoms with van der Waals surface area (Å²) < 4.78 is 24.3. The number of halogens is 1. The van der Waals surface area contributed by atoms with Crippen molar-refractivity contribution in [2.75, 3.05) is 26.7 Å². The van der Waals surface area contributed by atoms with E-state index in [1.807, 2.05) is 12.1 Å². The molecule has 146 valence electrons. The average molecular weight is 372 g/mol. The Bertz CT molecular complexity index is 721. The lowest BCUT2D eigenvalue weighted by Crippen LogP contribution is -2.37. The van der Waals surface area contributed by atoms with Crippen LogP contribution in [-0.2, 0) is 13.2 Å². The fourth-order valence-electron chi connectivity index (χ4n) is 3.61. The quantitative estimate of drug-likeness (QED) is 0.722. The van der Waals surface area contributed by atoms with Crippen LogP contribution in [-0.4, -0.2) is 37.7 Å². The van der Waals surface area contributed by atoms with E-state index in [0.717, 1.165) is 25.2 Å². The Kier molecular flexibility index (Phi) is 7.07. The maximum absolute atomic E-state index is 13.0. The molecule has 1 fully saturated rings. The number of ether oxygens (including phenoxy) is 2. The van der Waals surface area contributed by atoms with Gasteiger partial charge in [-0.2, -0.15) is 0 Å². The van der Waals surface area contributed by atoms with E-state index in [1.54, 1.807) is 19.2 Å². The smallest absolute Gasteiger partial charge is 0.161 e. The number of likely N-dealkylation sites (N-methyl/N-ethyl adjacent to an activating group) is 1.